The summed E-state index contributed by atoms with van der Waals surface area (Å²) in [5.74, 6) is -1.10. The fraction of sp³-hybridized carbons (Fsp3) is 0.0769. The predicted octanol–water partition coefficient (Wildman–Crippen LogP) is 2.51. The molecule has 0 radical (unpaired) electrons. The Kier molecular flexibility index (Phi) is 3.11. The lowest BCUT2D eigenvalue weighted by Crippen LogP contribution is -2.01. The summed E-state index contributed by atoms with van der Waals surface area (Å²) in [7, 11) is 0. The highest BCUT2D eigenvalue weighted by Crippen LogP contribution is 2.25. The smallest absolute Gasteiger partial charge is 0.356 e. The standard InChI is InChI=1S/C13H10N4O2S/c1-7-2-3-8-9(4-7)17-13(16-8)20-11-6-14-5-10(15-11)12(18)19/h2-6H,1H3,(H,16,17)(H,18,19). The number of imidazole rings is 1. The van der Waals surface area contributed by atoms with Gasteiger partial charge in [-0.15, -0.1) is 0 Å². The predicted molar refractivity (Wildman–Crippen MR) is 73.9 cm³/mol. The van der Waals surface area contributed by atoms with Crippen LogP contribution in [0.2, 0.25) is 0 Å². The normalized spacial score (nSPS) is 10.8. The second-order valence-electron chi connectivity index (χ2n) is 4.21. The fourth-order valence-electron chi connectivity index (χ4n) is 1.75. The summed E-state index contributed by atoms with van der Waals surface area (Å²) in [5, 5.41) is 10.0. The first kappa shape index (κ1) is 12.6. The van der Waals surface area contributed by atoms with Crippen molar-refractivity contribution in [1.82, 2.24) is 19.9 Å². The van der Waals surface area contributed by atoms with Crippen molar-refractivity contribution in [2.24, 2.45) is 0 Å². The van der Waals surface area contributed by atoms with Gasteiger partial charge in [-0.3, -0.25) is 4.98 Å². The van der Waals surface area contributed by atoms with Gasteiger partial charge in [-0.1, -0.05) is 6.07 Å². The molecule has 0 saturated carbocycles. The first-order valence-electron chi connectivity index (χ1n) is 5.81. The van der Waals surface area contributed by atoms with Gasteiger partial charge in [0.1, 0.15) is 5.03 Å². The molecule has 0 bridgehead atoms. The highest BCUT2D eigenvalue weighted by molar-refractivity contribution is 7.99. The Bertz CT molecular complexity index is 800. The van der Waals surface area contributed by atoms with Crippen molar-refractivity contribution >= 4 is 28.8 Å². The largest absolute Gasteiger partial charge is 0.476 e. The van der Waals surface area contributed by atoms with Gasteiger partial charge < -0.3 is 10.1 Å². The number of fused-ring (bicyclic) bond motifs is 1. The zero-order valence-electron chi connectivity index (χ0n) is 10.5. The number of carbonyl (C=O) groups is 1. The average Bonchev–Trinajstić information content (AvgIpc) is 2.80. The van der Waals surface area contributed by atoms with Crippen molar-refractivity contribution in [3.63, 3.8) is 0 Å². The lowest BCUT2D eigenvalue weighted by Gasteiger charge is -1.97. The summed E-state index contributed by atoms with van der Waals surface area (Å²) in [4.78, 5) is 26.3. The van der Waals surface area contributed by atoms with E-state index in [1.54, 1.807) is 0 Å². The van der Waals surface area contributed by atoms with E-state index in [0.717, 1.165) is 16.6 Å². The summed E-state index contributed by atoms with van der Waals surface area (Å²) in [6.07, 6.45) is 2.73. The number of rotatable bonds is 3. The van der Waals surface area contributed by atoms with Crippen LogP contribution in [0, 0.1) is 6.92 Å². The van der Waals surface area contributed by atoms with E-state index in [4.69, 9.17) is 5.11 Å². The summed E-state index contributed by atoms with van der Waals surface area (Å²) in [6, 6.07) is 5.93. The van der Waals surface area contributed by atoms with Gasteiger partial charge >= 0.3 is 5.97 Å². The molecule has 0 atom stereocenters. The Hall–Kier alpha value is -2.41. The summed E-state index contributed by atoms with van der Waals surface area (Å²) < 4.78 is 0. The van der Waals surface area contributed by atoms with Gasteiger partial charge in [0, 0.05) is 0 Å². The van der Waals surface area contributed by atoms with Gasteiger partial charge in [0.05, 0.1) is 23.4 Å². The van der Waals surface area contributed by atoms with Crippen molar-refractivity contribution in [2.45, 2.75) is 17.1 Å². The molecule has 0 fully saturated rings. The van der Waals surface area contributed by atoms with Crippen molar-refractivity contribution in [1.29, 1.82) is 0 Å². The molecule has 0 spiro atoms. The summed E-state index contributed by atoms with van der Waals surface area (Å²) in [6.45, 7) is 2.01. The first-order valence-corrected chi connectivity index (χ1v) is 6.63. The zero-order valence-corrected chi connectivity index (χ0v) is 11.3. The van der Waals surface area contributed by atoms with E-state index < -0.39 is 5.97 Å². The molecule has 0 saturated heterocycles. The van der Waals surface area contributed by atoms with Gasteiger partial charge in [0.25, 0.3) is 0 Å². The molecule has 100 valence electrons. The molecule has 0 aliphatic rings. The molecular formula is C13H10N4O2S. The minimum atomic E-state index is -1.10. The highest BCUT2D eigenvalue weighted by atomic mass is 32.2. The molecule has 7 heteroatoms. The molecule has 0 amide bonds. The second kappa shape index (κ2) is 4.93. The average molecular weight is 286 g/mol. The van der Waals surface area contributed by atoms with E-state index in [-0.39, 0.29) is 5.69 Å². The topological polar surface area (TPSA) is 91.8 Å². The lowest BCUT2D eigenvalue weighted by atomic mass is 10.2. The number of hydrogen-bond donors (Lipinski definition) is 2. The third-order valence-electron chi connectivity index (χ3n) is 2.65. The molecule has 2 N–H and O–H groups in total. The Morgan fingerprint density at radius 3 is 2.95 bits per heavy atom. The quantitative estimate of drug-likeness (QED) is 0.768. The molecule has 3 rings (SSSR count). The molecule has 2 heterocycles. The van der Waals surface area contributed by atoms with E-state index in [0.29, 0.717) is 10.2 Å². The van der Waals surface area contributed by atoms with Gasteiger partial charge in [0.2, 0.25) is 0 Å². The number of nitrogens with zero attached hydrogens (tertiary/aromatic N) is 3. The van der Waals surface area contributed by atoms with E-state index in [2.05, 4.69) is 19.9 Å². The maximum atomic E-state index is 10.8. The number of benzene rings is 1. The van der Waals surface area contributed by atoms with Crippen LogP contribution in [-0.2, 0) is 0 Å². The number of H-pyrrole nitrogens is 1. The number of carboxylic acids is 1. The fourth-order valence-corrected chi connectivity index (χ4v) is 2.51. The highest BCUT2D eigenvalue weighted by Gasteiger charge is 2.09. The van der Waals surface area contributed by atoms with Crippen LogP contribution in [0.4, 0.5) is 0 Å². The molecule has 1 aromatic carbocycles. The van der Waals surface area contributed by atoms with Crippen LogP contribution in [0.15, 0.2) is 40.8 Å². The van der Waals surface area contributed by atoms with Gasteiger partial charge in [-0.25, -0.2) is 14.8 Å². The van der Waals surface area contributed by atoms with Crippen molar-refractivity contribution in [3.8, 4) is 0 Å². The minimum Gasteiger partial charge on any atom is -0.476 e. The Labute approximate surface area is 118 Å². The SMILES string of the molecule is Cc1ccc2nc(Sc3cncc(C(=O)O)n3)[nH]c2c1. The molecule has 20 heavy (non-hydrogen) atoms. The number of aromatic carboxylic acids is 1. The van der Waals surface area contributed by atoms with Crippen LogP contribution in [0.5, 0.6) is 0 Å². The minimum absolute atomic E-state index is 0.0815. The molecule has 0 aliphatic carbocycles. The maximum absolute atomic E-state index is 10.8. The van der Waals surface area contributed by atoms with Crippen LogP contribution in [0.1, 0.15) is 16.1 Å². The molecule has 0 aliphatic heterocycles. The Balaban J connectivity index is 1.92. The van der Waals surface area contributed by atoms with Crippen LogP contribution in [0.3, 0.4) is 0 Å². The second-order valence-corrected chi connectivity index (χ2v) is 5.22. The third-order valence-corrected chi connectivity index (χ3v) is 3.44. The van der Waals surface area contributed by atoms with E-state index >= 15 is 0 Å². The first-order chi connectivity index (χ1) is 9.61. The number of nitrogens with one attached hydrogen (secondary N) is 1. The Morgan fingerprint density at radius 1 is 1.30 bits per heavy atom. The number of carboxylic acid groups (broad SMARTS) is 1. The van der Waals surface area contributed by atoms with Crippen LogP contribution in [-0.4, -0.2) is 31.0 Å². The van der Waals surface area contributed by atoms with Crippen LogP contribution < -0.4 is 0 Å². The van der Waals surface area contributed by atoms with Gasteiger partial charge in [0.15, 0.2) is 10.9 Å². The molecule has 2 aromatic heterocycles. The van der Waals surface area contributed by atoms with Crippen LogP contribution in [0.25, 0.3) is 11.0 Å². The van der Waals surface area contributed by atoms with Crippen LogP contribution >= 0.6 is 11.8 Å². The number of hydrogen-bond acceptors (Lipinski definition) is 5. The molecule has 6 nitrogen and oxygen atoms in total. The van der Waals surface area contributed by atoms with Gasteiger partial charge in [-0.2, -0.15) is 0 Å². The molecular weight excluding hydrogens is 276 g/mol. The van der Waals surface area contributed by atoms with Crippen molar-refractivity contribution in [3.05, 3.63) is 41.9 Å². The zero-order chi connectivity index (χ0) is 14.1. The Morgan fingerprint density at radius 2 is 2.15 bits per heavy atom. The van der Waals surface area contributed by atoms with Crippen molar-refractivity contribution in [2.75, 3.05) is 0 Å². The molecule has 3 aromatic rings. The number of aromatic nitrogens is 4. The summed E-state index contributed by atoms with van der Waals surface area (Å²) in [5.41, 5.74) is 2.86. The van der Waals surface area contributed by atoms with Crippen molar-refractivity contribution < 1.29 is 9.90 Å². The van der Waals surface area contributed by atoms with E-state index in [9.17, 15) is 4.79 Å². The lowest BCUT2D eigenvalue weighted by molar-refractivity contribution is 0.0689. The maximum Gasteiger partial charge on any atom is 0.356 e. The monoisotopic (exact) mass is 286 g/mol. The molecule has 0 unspecified atom stereocenters. The van der Waals surface area contributed by atoms with E-state index in [1.165, 1.54) is 24.2 Å². The van der Waals surface area contributed by atoms with Gasteiger partial charge in [-0.05, 0) is 36.4 Å². The number of aryl methyl sites for hydroxylation is 1. The van der Waals surface area contributed by atoms with E-state index in [1.807, 2.05) is 25.1 Å². The summed E-state index contributed by atoms with van der Waals surface area (Å²) >= 11 is 1.25. The number of aromatic amines is 1. The third kappa shape index (κ3) is 2.48.